The molecule has 0 radical (unpaired) electrons. The van der Waals surface area contributed by atoms with E-state index >= 15 is 0 Å². The fourth-order valence-electron chi connectivity index (χ4n) is 3.55. The highest BCUT2D eigenvalue weighted by Gasteiger charge is 2.32. The van der Waals surface area contributed by atoms with Crippen molar-refractivity contribution in [2.24, 2.45) is 0 Å². The van der Waals surface area contributed by atoms with Crippen LogP contribution < -0.4 is 9.47 Å². The van der Waals surface area contributed by atoms with Crippen LogP contribution in [0.2, 0.25) is 0 Å². The molecule has 0 N–H and O–H groups in total. The van der Waals surface area contributed by atoms with E-state index in [0.717, 1.165) is 29.5 Å². The summed E-state index contributed by atoms with van der Waals surface area (Å²) in [6.45, 7) is -0.129. The number of nitrogens with zero attached hydrogens (tertiary/aromatic N) is 1. The summed E-state index contributed by atoms with van der Waals surface area (Å²) in [4.78, 5) is 39.8. The summed E-state index contributed by atoms with van der Waals surface area (Å²) in [6.07, 6.45) is -2.57. The van der Waals surface area contributed by atoms with Crippen LogP contribution in [-0.2, 0) is 20.7 Å². The van der Waals surface area contributed by atoms with Crippen molar-refractivity contribution in [3.05, 3.63) is 89.7 Å². The largest absolute Gasteiger partial charge is 0.573 e. The SMILES string of the molecule is O=C1CC(=O)C(Cc2ccc(OC[C@@H](OC(=O)c3cccnc3)c3ccc(OC(F)(F)F)cc3)cc2)S1. The Morgan fingerprint density at radius 1 is 1.03 bits per heavy atom. The van der Waals surface area contributed by atoms with E-state index in [1.165, 1.54) is 30.6 Å². The number of rotatable bonds is 9. The van der Waals surface area contributed by atoms with E-state index in [1.807, 2.05) is 0 Å². The molecule has 0 saturated carbocycles. The number of pyridine rings is 1. The minimum Gasteiger partial charge on any atom is -0.489 e. The predicted molar refractivity (Wildman–Crippen MR) is 127 cm³/mol. The third kappa shape index (κ3) is 7.56. The zero-order valence-electron chi connectivity index (χ0n) is 19.1. The molecule has 0 bridgehead atoms. The van der Waals surface area contributed by atoms with Crippen molar-refractivity contribution < 1.29 is 41.8 Å². The Balaban J connectivity index is 1.44. The molecule has 0 aliphatic carbocycles. The fraction of sp³-hybridized carbons (Fsp3) is 0.231. The molecule has 37 heavy (non-hydrogen) atoms. The van der Waals surface area contributed by atoms with Gasteiger partial charge in [-0.05, 0) is 53.9 Å². The van der Waals surface area contributed by atoms with Gasteiger partial charge in [-0.2, -0.15) is 0 Å². The van der Waals surface area contributed by atoms with Crippen molar-refractivity contribution >= 4 is 28.6 Å². The predicted octanol–water partition coefficient (Wildman–Crippen LogP) is 5.10. The number of ether oxygens (including phenoxy) is 3. The van der Waals surface area contributed by atoms with Crippen LogP contribution in [0.15, 0.2) is 73.1 Å². The van der Waals surface area contributed by atoms with Crippen LogP contribution in [0.25, 0.3) is 0 Å². The molecule has 4 rings (SSSR count). The Hall–Kier alpha value is -3.86. The lowest BCUT2D eigenvalue weighted by Gasteiger charge is -2.20. The van der Waals surface area contributed by atoms with E-state index in [9.17, 15) is 27.6 Å². The number of carbonyl (C=O) groups excluding carboxylic acids is 3. The number of ketones is 1. The maximum absolute atomic E-state index is 12.6. The molecule has 2 heterocycles. The van der Waals surface area contributed by atoms with Crippen LogP contribution in [0.5, 0.6) is 11.5 Å². The second kappa shape index (κ2) is 11.5. The van der Waals surface area contributed by atoms with Crippen LogP contribution in [-0.4, -0.2) is 40.1 Å². The first kappa shape index (κ1) is 26.2. The van der Waals surface area contributed by atoms with Gasteiger partial charge in [0.2, 0.25) is 0 Å². The number of hydrogen-bond acceptors (Lipinski definition) is 8. The first-order valence-corrected chi connectivity index (χ1v) is 11.9. The molecule has 1 aliphatic rings. The summed E-state index contributed by atoms with van der Waals surface area (Å²) in [5.41, 5.74) is 1.45. The standard InChI is InChI=1S/C26H20F3NO6S/c27-26(28,29)36-20-9-5-17(6-10-20)22(35-25(33)18-2-1-11-30-14-18)15-34-19-7-3-16(4-8-19)12-23-21(31)13-24(32)37-23/h1-11,14,22-23H,12-13,15H2/t22-,23?/m1/s1. The van der Waals surface area contributed by atoms with Crippen LogP contribution >= 0.6 is 11.8 Å². The first-order valence-electron chi connectivity index (χ1n) is 11.1. The number of benzene rings is 2. The van der Waals surface area contributed by atoms with Gasteiger partial charge < -0.3 is 14.2 Å². The second-order valence-electron chi connectivity index (χ2n) is 8.03. The van der Waals surface area contributed by atoms with Crippen LogP contribution in [0.3, 0.4) is 0 Å². The number of halogens is 3. The number of aromatic nitrogens is 1. The van der Waals surface area contributed by atoms with Crippen LogP contribution in [0, 0.1) is 0 Å². The highest BCUT2D eigenvalue weighted by molar-refractivity contribution is 8.15. The number of esters is 1. The normalized spacial score (nSPS) is 16.4. The monoisotopic (exact) mass is 531 g/mol. The van der Waals surface area contributed by atoms with E-state index < -0.39 is 24.2 Å². The number of Topliss-reactive ketones (excluding diaryl/α,β-unsaturated/α-hetero) is 1. The summed E-state index contributed by atoms with van der Waals surface area (Å²) < 4.78 is 52.8. The topological polar surface area (TPSA) is 91.8 Å². The highest BCUT2D eigenvalue weighted by atomic mass is 32.2. The number of hydrogen-bond donors (Lipinski definition) is 0. The third-order valence-electron chi connectivity index (χ3n) is 5.33. The van der Waals surface area contributed by atoms with Gasteiger partial charge in [-0.15, -0.1) is 13.2 Å². The Bertz CT molecular complexity index is 1250. The number of carbonyl (C=O) groups is 3. The van der Waals surface area contributed by atoms with E-state index in [2.05, 4.69) is 9.72 Å². The molecule has 2 atom stereocenters. The summed E-state index contributed by atoms with van der Waals surface area (Å²) in [7, 11) is 0. The van der Waals surface area contributed by atoms with Gasteiger partial charge in [-0.25, -0.2) is 4.79 Å². The van der Waals surface area contributed by atoms with Crippen molar-refractivity contribution in [2.75, 3.05) is 6.61 Å². The average molecular weight is 532 g/mol. The molecule has 0 spiro atoms. The van der Waals surface area contributed by atoms with Gasteiger partial charge >= 0.3 is 12.3 Å². The molecule has 1 aromatic heterocycles. The molecule has 2 aromatic carbocycles. The first-order chi connectivity index (χ1) is 17.7. The fourth-order valence-corrected chi connectivity index (χ4v) is 4.58. The summed E-state index contributed by atoms with van der Waals surface area (Å²) >= 11 is 1.05. The van der Waals surface area contributed by atoms with Crippen molar-refractivity contribution in [3.8, 4) is 11.5 Å². The van der Waals surface area contributed by atoms with Gasteiger partial charge in [-0.3, -0.25) is 14.6 Å². The van der Waals surface area contributed by atoms with E-state index in [1.54, 1.807) is 30.3 Å². The smallest absolute Gasteiger partial charge is 0.489 e. The lowest BCUT2D eigenvalue weighted by molar-refractivity contribution is -0.274. The van der Waals surface area contributed by atoms with Crippen molar-refractivity contribution in [1.82, 2.24) is 4.98 Å². The van der Waals surface area contributed by atoms with Crippen molar-refractivity contribution in [3.63, 3.8) is 0 Å². The van der Waals surface area contributed by atoms with Gasteiger partial charge in [0, 0.05) is 12.4 Å². The second-order valence-corrected chi connectivity index (χ2v) is 9.29. The van der Waals surface area contributed by atoms with Crippen LogP contribution in [0.1, 0.15) is 34.0 Å². The minimum atomic E-state index is -4.83. The maximum atomic E-state index is 12.6. The molecule has 1 fully saturated rings. The molecule has 3 aromatic rings. The number of thioether (sulfide) groups is 1. The number of alkyl halides is 3. The van der Waals surface area contributed by atoms with Gasteiger partial charge in [0.15, 0.2) is 17.0 Å². The molecule has 0 amide bonds. The molecule has 11 heteroatoms. The van der Waals surface area contributed by atoms with Gasteiger partial charge in [-0.1, -0.05) is 36.0 Å². The Morgan fingerprint density at radius 2 is 1.73 bits per heavy atom. The van der Waals surface area contributed by atoms with Gasteiger partial charge in [0.1, 0.15) is 18.1 Å². The summed E-state index contributed by atoms with van der Waals surface area (Å²) in [6, 6.07) is 14.9. The van der Waals surface area contributed by atoms with Gasteiger partial charge in [0.25, 0.3) is 0 Å². The quantitative estimate of drug-likeness (QED) is 0.278. The van der Waals surface area contributed by atoms with E-state index in [-0.39, 0.29) is 34.7 Å². The Labute approximate surface area is 213 Å². The van der Waals surface area contributed by atoms with Crippen molar-refractivity contribution in [1.29, 1.82) is 0 Å². The average Bonchev–Trinajstić information content (AvgIpc) is 3.18. The van der Waals surface area contributed by atoms with Crippen molar-refractivity contribution in [2.45, 2.75) is 30.6 Å². The maximum Gasteiger partial charge on any atom is 0.573 e. The zero-order chi connectivity index (χ0) is 26.4. The Morgan fingerprint density at radius 3 is 2.32 bits per heavy atom. The van der Waals surface area contributed by atoms with E-state index in [0.29, 0.717) is 17.7 Å². The minimum absolute atomic E-state index is 0.0427. The molecule has 1 saturated heterocycles. The van der Waals surface area contributed by atoms with E-state index in [4.69, 9.17) is 9.47 Å². The molecular weight excluding hydrogens is 511 g/mol. The molecule has 192 valence electrons. The highest BCUT2D eigenvalue weighted by Crippen LogP contribution is 2.29. The van der Waals surface area contributed by atoms with Crippen LogP contribution in [0.4, 0.5) is 13.2 Å². The third-order valence-corrected chi connectivity index (χ3v) is 6.45. The zero-order valence-corrected chi connectivity index (χ0v) is 20.0. The molecule has 1 aliphatic heterocycles. The lowest BCUT2D eigenvalue weighted by Crippen LogP contribution is -2.19. The molecule has 7 nitrogen and oxygen atoms in total. The Kier molecular flexibility index (Phi) is 8.12. The van der Waals surface area contributed by atoms with Gasteiger partial charge in [0.05, 0.1) is 17.2 Å². The molecule has 1 unspecified atom stereocenters. The summed E-state index contributed by atoms with van der Waals surface area (Å²) in [5, 5.41) is -0.514. The lowest BCUT2D eigenvalue weighted by atomic mass is 10.1. The molecular formula is C26H20F3NO6S. The summed E-state index contributed by atoms with van der Waals surface area (Å²) in [5.74, 6) is -0.725.